The summed E-state index contributed by atoms with van der Waals surface area (Å²) in [6.45, 7) is 6.60. The van der Waals surface area contributed by atoms with Crippen LogP contribution in [-0.2, 0) is 4.79 Å². The van der Waals surface area contributed by atoms with Gasteiger partial charge in [0.15, 0.2) is 11.6 Å². The van der Waals surface area contributed by atoms with Crippen molar-refractivity contribution in [2.75, 3.05) is 44.7 Å². The van der Waals surface area contributed by atoms with Crippen molar-refractivity contribution in [1.29, 1.82) is 0 Å². The first kappa shape index (κ1) is 25.2. The summed E-state index contributed by atoms with van der Waals surface area (Å²) in [4.78, 5) is 31.7. The number of aromatic nitrogens is 2. The van der Waals surface area contributed by atoms with E-state index in [1.165, 1.54) is 6.26 Å². The van der Waals surface area contributed by atoms with E-state index in [-0.39, 0.29) is 30.2 Å². The number of anilines is 1. The lowest BCUT2D eigenvalue weighted by Gasteiger charge is -2.30. The van der Waals surface area contributed by atoms with Crippen molar-refractivity contribution in [3.63, 3.8) is 0 Å². The second-order valence-electron chi connectivity index (χ2n) is 8.90. The number of hydrogen-bond donors (Lipinski definition) is 0. The number of amides is 2. The van der Waals surface area contributed by atoms with Crippen LogP contribution in [0.3, 0.4) is 0 Å². The van der Waals surface area contributed by atoms with Crippen LogP contribution in [0.25, 0.3) is 11.3 Å². The highest BCUT2D eigenvalue weighted by molar-refractivity contribution is 5.94. The Labute approximate surface area is 211 Å². The van der Waals surface area contributed by atoms with E-state index in [4.69, 9.17) is 9.15 Å². The SMILES string of the molecule is CCC(C)N(CC(=O)N1CCCN(c2ccc(-c3cccc(OC)c3)nn2)CC1)C(=O)c1ccco1. The fraction of sp³-hybridized carbons (Fsp3) is 0.407. The summed E-state index contributed by atoms with van der Waals surface area (Å²) in [5.41, 5.74) is 1.71. The Hall–Kier alpha value is -3.88. The molecule has 2 aromatic heterocycles. The summed E-state index contributed by atoms with van der Waals surface area (Å²) >= 11 is 0. The highest BCUT2D eigenvalue weighted by Crippen LogP contribution is 2.23. The van der Waals surface area contributed by atoms with E-state index in [0.717, 1.165) is 42.2 Å². The Morgan fingerprint density at radius 3 is 2.64 bits per heavy atom. The number of hydrogen-bond acceptors (Lipinski definition) is 7. The molecule has 0 radical (unpaired) electrons. The fourth-order valence-corrected chi connectivity index (χ4v) is 4.26. The van der Waals surface area contributed by atoms with Crippen molar-refractivity contribution in [3.8, 4) is 17.0 Å². The van der Waals surface area contributed by atoms with Gasteiger partial charge in [-0.15, -0.1) is 10.2 Å². The average Bonchev–Trinajstić information content (AvgIpc) is 3.35. The summed E-state index contributed by atoms with van der Waals surface area (Å²) in [7, 11) is 1.64. The Balaban J connectivity index is 1.38. The molecule has 4 rings (SSSR count). The number of ether oxygens (including phenoxy) is 1. The quantitative estimate of drug-likeness (QED) is 0.474. The van der Waals surface area contributed by atoms with Crippen molar-refractivity contribution in [3.05, 3.63) is 60.6 Å². The van der Waals surface area contributed by atoms with Crippen molar-refractivity contribution in [2.24, 2.45) is 0 Å². The van der Waals surface area contributed by atoms with E-state index in [9.17, 15) is 9.59 Å². The molecule has 9 heteroatoms. The summed E-state index contributed by atoms with van der Waals surface area (Å²) in [6.07, 6.45) is 3.03. The third-order valence-electron chi connectivity index (χ3n) is 6.61. The normalized spacial score (nSPS) is 14.8. The lowest BCUT2D eigenvalue weighted by molar-refractivity contribution is -0.132. The summed E-state index contributed by atoms with van der Waals surface area (Å²) in [5.74, 6) is 1.49. The van der Waals surface area contributed by atoms with Crippen LogP contribution in [0.2, 0.25) is 0 Å². The topological polar surface area (TPSA) is 92.0 Å². The Kier molecular flexibility index (Phi) is 8.20. The van der Waals surface area contributed by atoms with E-state index < -0.39 is 0 Å². The molecular weight excluding hydrogens is 458 g/mol. The van der Waals surface area contributed by atoms with Crippen LogP contribution in [0.1, 0.15) is 37.2 Å². The van der Waals surface area contributed by atoms with Crippen molar-refractivity contribution < 1.29 is 18.7 Å². The van der Waals surface area contributed by atoms with Gasteiger partial charge in [-0.3, -0.25) is 9.59 Å². The van der Waals surface area contributed by atoms with Gasteiger partial charge in [0.1, 0.15) is 12.3 Å². The van der Waals surface area contributed by atoms with Crippen LogP contribution in [0.4, 0.5) is 5.82 Å². The predicted octanol–water partition coefficient (Wildman–Crippen LogP) is 3.72. The van der Waals surface area contributed by atoms with Crippen molar-refractivity contribution in [2.45, 2.75) is 32.7 Å². The number of nitrogens with zero attached hydrogens (tertiary/aromatic N) is 5. The Bertz CT molecular complexity index is 1150. The molecule has 0 N–H and O–H groups in total. The van der Waals surface area contributed by atoms with Gasteiger partial charge in [-0.05, 0) is 56.2 Å². The largest absolute Gasteiger partial charge is 0.497 e. The fourth-order valence-electron chi connectivity index (χ4n) is 4.26. The van der Waals surface area contributed by atoms with Gasteiger partial charge in [0.05, 0.1) is 19.1 Å². The van der Waals surface area contributed by atoms with Gasteiger partial charge in [0.2, 0.25) is 5.91 Å². The van der Waals surface area contributed by atoms with E-state index in [1.54, 1.807) is 24.1 Å². The second-order valence-corrected chi connectivity index (χ2v) is 8.90. The zero-order valence-corrected chi connectivity index (χ0v) is 21.1. The van der Waals surface area contributed by atoms with Crippen LogP contribution in [-0.4, -0.2) is 77.7 Å². The maximum atomic E-state index is 13.2. The molecule has 0 saturated carbocycles. The number of carbonyl (C=O) groups is 2. The maximum absolute atomic E-state index is 13.2. The van der Waals surface area contributed by atoms with Gasteiger partial charge in [0.25, 0.3) is 5.91 Å². The van der Waals surface area contributed by atoms with E-state index in [0.29, 0.717) is 19.6 Å². The van der Waals surface area contributed by atoms with Gasteiger partial charge in [-0.1, -0.05) is 19.1 Å². The van der Waals surface area contributed by atoms with Crippen LogP contribution in [0.15, 0.2) is 59.2 Å². The number of furan rings is 1. The van der Waals surface area contributed by atoms with E-state index in [2.05, 4.69) is 15.1 Å². The molecule has 1 unspecified atom stereocenters. The molecule has 1 saturated heterocycles. The third kappa shape index (κ3) is 5.84. The second kappa shape index (κ2) is 11.7. The van der Waals surface area contributed by atoms with Gasteiger partial charge in [-0.25, -0.2) is 0 Å². The van der Waals surface area contributed by atoms with E-state index in [1.807, 2.05) is 55.1 Å². The molecule has 9 nitrogen and oxygen atoms in total. The number of rotatable bonds is 8. The number of methoxy groups -OCH3 is 1. The first-order valence-electron chi connectivity index (χ1n) is 12.4. The zero-order valence-electron chi connectivity index (χ0n) is 21.1. The van der Waals surface area contributed by atoms with Gasteiger partial charge >= 0.3 is 0 Å². The highest BCUT2D eigenvalue weighted by Gasteiger charge is 2.28. The molecular formula is C27H33N5O4. The van der Waals surface area contributed by atoms with Crippen LogP contribution >= 0.6 is 0 Å². The minimum absolute atomic E-state index is 0.0313. The van der Waals surface area contributed by atoms with Crippen molar-refractivity contribution in [1.82, 2.24) is 20.0 Å². The smallest absolute Gasteiger partial charge is 0.290 e. The third-order valence-corrected chi connectivity index (χ3v) is 6.61. The molecule has 1 fully saturated rings. The maximum Gasteiger partial charge on any atom is 0.290 e. The molecule has 2 amide bonds. The molecule has 0 spiro atoms. The molecule has 1 atom stereocenters. The van der Waals surface area contributed by atoms with Crippen molar-refractivity contribution >= 4 is 17.6 Å². The molecule has 36 heavy (non-hydrogen) atoms. The minimum atomic E-state index is -0.259. The van der Waals surface area contributed by atoms with Gasteiger partial charge < -0.3 is 23.9 Å². The zero-order chi connectivity index (χ0) is 25.5. The molecule has 190 valence electrons. The van der Waals surface area contributed by atoms with Crippen LogP contribution in [0.5, 0.6) is 5.75 Å². The first-order chi connectivity index (χ1) is 17.5. The molecule has 0 aliphatic carbocycles. The van der Waals surface area contributed by atoms with Crippen LogP contribution < -0.4 is 9.64 Å². The summed E-state index contributed by atoms with van der Waals surface area (Å²) in [5, 5.41) is 8.86. The molecule has 1 aromatic carbocycles. The molecule has 3 heterocycles. The summed E-state index contributed by atoms with van der Waals surface area (Å²) in [6, 6.07) is 14.9. The standard InChI is InChI=1S/C27H33N5O4/c1-4-20(2)32(27(34)24-10-6-17-36-24)19-26(33)31-14-7-13-30(15-16-31)25-12-11-23(28-29-25)21-8-5-9-22(18-21)35-3/h5-6,8-12,17-18,20H,4,7,13-16,19H2,1-3H3. The number of benzene rings is 1. The average molecular weight is 492 g/mol. The lowest BCUT2D eigenvalue weighted by atomic mass is 10.1. The Morgan fingerprint density at radius 1 is 1.08 bits per heavy atom. The molecule has 3 aromatic rings. The monoisotopic (exact) mass is 491 g/mol. The first-order valence-corrected chi connectivity index (χ1v) is 12.4. The number of carbonyl (C=O) groups excluding carboxylic acids is 2. The summed E-state index contributed by atoms with van der Waals surface area (Å²) < 4.78 is 10.6. The van der Waals surface area contributed by atoms with E-state index >= 15 is 0 Å². The molecule has 1 aliphatic rings. The van der Waals surface area contributed by atoms with Gasteiger partial charge in [0, 0.05) is 37.8 Å². The predicted molar refractivity (Wildman–Crippen MR) is 137 cm³/mol. The molecule has 1 aliphatic heterocycles. The highest BCUT2D eigenvalue weighted by atomic mass is 16.5. The van der Waals surface area contributed by atoms with Crippen LogP contribution in [0, 0.1) is 0 Å². The molecule has 0 bridgehead atoms. The van der Waals surface area contributed by atoms with Gasteiger partial charge in [-0.2, -0.15) is 0 Å². The Morgan fingerprint density at radius 2 is 1.94 bits per heavy atom. The minimum Gasteiger partial charge on any atom is -0.497 e. The lowest BCUT2D eigenvalue weighted by Crippen LogP contribution is -2.47.